The van der Waals surface area contributed by atoms with Gasteiger partial charge in [-0.25, -0.2) is 0 Å². The van der Waals surface area contributed by atoms with E-state index >= 15 is 0 Å². The van der Waals surface area contributed by atoms with E-state index in [0.717, 1.165) is 17.1 Å². The first-order valence-corrected chi connectivity index (χ1v) is 7.03. The lowest BCUT2D eigenvalue weighted by molar-refractivity contribution is 0.171. The molecule has 0 aromatic heterocycles. The van der Waals surface area contributed by atoms with E-state index in [1.165, 1.54) is 0 Å². The summed E-state index contributed by atoms with van der Waals surface area (Å²) in [4.78, 5) is 0. The van der Waals surface area contributed by atoms with Crippen molar-refractivity contribution in [2.75, 3.05) is 19.8 Å². The molecule has 1 atom stereocenters. The molecule has 0 amide bonds. The van der Waals surface area contributed by atoms with E-state index in [1.807, 2.05) is 23.9 Å². The van der Waals surface area contributed by atoms with Gasteiger partial charge in [0.2, 0.25) is 0 Å². The first-order chi connectivity index (χ1) is 8.20. The van der Waals surface area contributed by atoms with Crippen molar-refractivity contribution in [1.82, 2.24) is 0 Å². The molecule has 1 aromatic rings. The molecule has 0 radical (unpaired) electrons. The normalized spacial score (nSPS) is 15.7. The molecule has 17 heavy (non-hydrogen) atoms. The third-order valence-electron chi connectivity index (χ3n) is 2.52. The second kappa shape index (κ2) is 5.85. The fourth-order valence-corrected chi connectivity index (χ4v) is 2.62. The van der Waals surface area contributed by atoms with Gasteiger partial charge in [0.05, 0.1) is 5.02 Å². The molecular weight excluding hydrogens is 258 g/mol. The minimum absolute atomic E-state index is 0.446. The Bertz CT molecular complexity index is 400. The number of nitrogens with two attached hydrogens (primary N) is 1. The van der Waals surface area contributed by atoms with Gasteiger partial charge in [0.25, 0.3) is 0 Å². The van der Waals surface area contributed by atoms with Crippen LogP contribution in [0.3, 0.4) is 0 Å². The first kappa shape index (κ1) is 12.9. The molecule has 1 heterocycles. The minimum Gasteiger partial charge on any atom is -0.486 e. The van der Waals surface area contributed by atoms with Gasteiger partial charge in [-0.15, -0.1) is 0 Å². The van der Waals surface area contributed by atoms with Crippen molar-refractivity contribution in [2.24, 2.45) is 5.73 Å². The number of ether oxygens (including phenoxy) is 2. The average molecular weight is 274 g/mol. The van der Waals surface area contributed by atoms with Crippen LogP contribution in [-0.2, 0) is 5.75 Å². The summed E-state index contributed by atoms with van der Waals surface area (Å²) in [7, 11) is 0. The predicted octanol–water partition coefficient (Wildman–Crippen LogP) is 2.69. The molecule has 1 aliphatic heterocycles. The summed E-state index contributed by atoms with van der Waals surface area (Å²) in [5, 5.41) is 1.07. The van der Waals surface area contributed by atoms with Gasteiger partial charge in [-0.05, 0) is 17.7 Å². The summed E-state index contributed by atoms with van der Waals surface area (Å²) in [6.07, 6.45) is 0. The summed E-state index contributed by atoms with van der Waals surface area (Å²) in [5.74, 6) is 2.30. The Hall–Kier alpha value is -0.580. The van der Waals surface area contributed by atoms with Crippen LogP contribution in [0.4, 0.5) is 0 Å². The van der Waals surface area contributed by atoms with Gasteiger partial charge in [0.15, 0.2) is 11.5 Å². The number of rotatable bonds is 4. The maximum atomic E-state index is 6.16. The number of fused-ring (bicyclic) bond motifs is 1. The van der Waals surface area contributed by atoms with Gasteiger partial charge in [-0.1, -0.05) is 18.5 Å². The van der Waals surface area contributed by atoms with Crippen LogP contribution in [0, 0.1) is 0 Å². The van der Waals surface area contributed by atoms with Gasteiger partial charge in [-0.3, -0.25) is 0 Å². The molecule has 0 aliphatic carbocycles. The van der Waals surface area contributed by atoms with Crippen molar-refractivity contribution in [3.05, 3.63) is 22.7 Å². The topological polar surface area (TPSA) is 44.5 Å². The average Bonchev–Trinajstić information content (AvgIpc) is 2.36. The fourth-order valence-electron chi connectivity index (χ4n) is 1.55. The third-order valence-corrected chi connectivity index (χ3v) is 4.07. The van der Waals surface area contributed by atoms with E-state index in [4.69, 9.17) is 26.8 Å². The molecule has 3 nitrogen and oxygen atoms in total. The molecule has 0 saturated heterocycles. The van der Waals surface area contributed by atoms with Crippen molar-refractivity contribution in [3.8, 4) is 11.5 Å². The number of benzene rings is 1. The van der Waals surface area contributed by atoms with Crippen LogP contribution in [0.25, 0.3) is 0 Å². The second-order valence-corrected chi connectivity index (χ2v) is 5.79. The van der Waals surface area contributed by atoms with Crippen LogP contribution in [0.1, 0.15) is 12.5 Å². The van der Waals surface area contributed by atoms with E-state index in [-0.39, 0.29) is 0 Å². The third kappa shape index (κ3) is 3.21. The highest BCUT2D eigenvalue weighted by atomic mass is 35.5. The minimum atomic E-state index is 0.446. The van der Waals surface area contributed by atoms with Gasteiger partial charge < -0.3 is 15.2 Å². The Morgan fingerprint density at radius 1 is 1.41 bits per heavy atom. The molecule has 2 N–H and O–H groups in total. The summed E-state index contributed by atoms with van der Waals surface area (Å²) >= 11 is 7.97. The lowest BCUT2D eigenvalue weighted by Gasteiger charge is -2.20. The molecule has 1 unspecified atom stereocenters. The lowest BCUT2D eigenvalue weighted by Crippen LogP contribution is -2.16. The largest absolute Gasteiger partial charge is 0.486 e. The molecule has 2 rings (SSSR count). The van der Waals surface area contributed by atoms with Crippen LogP contribution >= 0.6 is 23.4 Å². The van der Waals surface area contributed by atoms with E-state index in [0.29, 0.717) is 35.8 Å². The van der Waals surface area contributed by atoms with Crippen molar-refractivity contribution in [3.63, 3.8) is 0 Å². The molecule has 0 bridgehead atoms. The Morgan fingerprint density at radius 3 is 2.94 bits per heavy atom. The van der Waals surface area contributed by atoms with Crippen LogP contribution < -0.4 is 15.2 Å². The zero-order valence-corrected chi connectivity index (χ0v) is 11.3. The Morgan fingerprint density at radius 2 is 2.18 bits per heavy atom. The molecule has 1 aromatic carbocycles. The SMILES string of the molecule is CC(CN)SCc1cc(Cl)c2c(c1)OCCO2. The monoisotopic (exact) mass is 273 g/mol. The van der Waals surface area contributed by atoms with Gasteiger partial charge >= 0.3 is 0 Å². The molecule has 0 fully saturated rings. The molecule has 5 heteroatoms. The van der Waals surface area contributed by atoms with Gasteiger partial charge in [0, 0.05) is 17.5 Å². The summed E-state index contributed by atoms with van der Waals surface area (Å²) in [6.45, 7) is 3.94. The van der Waals surface area contributed by atoms with E-state index in [2.05, 4.69) is 6.92 Å². The van der Waals surface area contributed by atoms with E-state index < -0.39 is 0 Å². The molecule has 0 saturated carbocycles. The highest BCUT2D eigenvalue weighted by Gasteiger charge is 2.16. The molecular formula is C12H16ClNO2S. The fraction of sp³-hybridized carbons (Fsp3) is 0.500. The summed E-state index contributed by atoms with van der Waals surface area (Å²) in [5.41, 5.74) is 6.73. The highest BCUT2D eigenvalue weighted by Crippen LogP contribution is 2.39. The maximum absolute atomic E-state index is 6.16. The number of hydrogen-bond acceptors (Lipinski definition) is 4. The van der Waals surface area contributed by atoms with E-state index in [1.54, 1.807) is 0 Å². The Kier molecular flexibility index (Phi) is 4.42. The van der Waals surface area contributed by atoms with Crippen LogP contribution in [-0.4, -0.2) is 25.0 Å². The lowest BCUT2D eigenvalue weighted by atomic mass is 10.2. The number of halogens is 1. The zero-order chi connectivity index (χ0) is 12.3. The predicted molar refractivity (Wildman–Crippen MR) is 72.3 cm³/mol. The van der Waals surface area contributed by atoms with Crippen molar-refractivity contribution in [1.29, 1.82) is 0 Å². The molecule has 0 spiro atoms. The Labute approximate surface area is 111 Å². The zero-order valence-electron chi connectivity index (χ0n) is 9.74. The number of thioether (sulfide) groups is 1. The van der Waals surface area contributed by atoms with E-state index in [9.17, 15) is 0 Å². The molecule has 94 valence electrons. The second-order valence-electron chi connectivity index (χ2n) is 3.96. The van der Waals surface area contributed by atoms with Crippen molar-refractivity contribution < 1.29 is 9.47 Å². The highest BCUT2D eigenvalue weighted by molar-refractivity contribution is 7.99. The van der Waals surface area contributed by atoms with Crippen molar-refractivity contribution in [2.45, 2.75) is 17.9 Å². The first-order valence-electron chi connectivity index (χ1n) is 5.60. The smallest absolute Gasteiger partial charge is 0.179 e. The summed E-state index contributed by atoms with van der Waals surface area (Å²) < 4.78 is 11.0. The van der Waals surface area contributed by atoms with Gasteiger partial charge in [0.1, 0.15) is 13.2 Å². The Balaban J connectivity index is 2.11. The quantitative estimate of drug-likeness (QED) is 0.916. The standard InChI is InChI=1S/C12H16ClNO2S/c1-8(6-14)17-7-9-4-10(13)12-11(5-9)15-2-3-16-12/h4-5,8H,2-3,6-7,14H2,1H3. The number of hydrogen-bond donors (Lipinski definition) is 1. The van der Waals surface area contributed by atoms with Crippen LogP contribution in [0.15, 0.2) is 12.1 Å². The maximum Gasteiger partial charge on any atom is 0.179 e. The van der Waals surface area contributed by atoms with Crippen molar-refractivity contribution >= 4 is 23.4 Å². The molecule has 1 aliphatic rings. The van der Waals surface area contributed by atoms with Gasteiger partial charge in [-0.2, -0.15) is 11.8 Å². The van der Waals surface area contributed by atoms with Crippen LogP contribution in [0.2, 0.25) is 5.02 Å². The van der Waals surface area contributed by atoms with Crippen LogP contribution in [0.5, 0.6) is 11.5 Å². The summed E-state index contributed by atoms with van der Waals surface area (Å²) in [6, 6.07) is 3.93.